The molecule has 1 aliphatic rings. The molecule has 0 atom stereocenters. The van der Waals surface area contributed by atoms with Gasteiger partial charge in [-0.05, 0) is 48.9 Å². The van der Waals surface area contributed by atoms with Gasteiger partial charge in [0.25, 0.3) is 5.91 Å². The summed E-state index contributed by atoms with van der Waals surface area (Å²) < 4.78 is 10.6. The number of nitrogens with zero attached hydrogens (tertiary/aromatic N) is 3. The van der Waals surface area contributed by atoms with Crippen molar-refractivity contribution in [2.75, 3.05) is 12.1 Å². The number of aromatic nitrogens is 2. The molecule has 0 spiro atoms. The van der Waals surface area contributed by atoms with Gasteiger partial charge in [-0.1, -0.05) is 12.1 Å². The number of nitriles is 1. The molecule has 1 amide bonds. The Labute approximate surface area is 167 Å². The SMILES string of the molecule is Cc1cc(C(=O)NCc2ccc3c(c2)OCO3)nc(Nc2cccc(C#N)c2)n1. The number of anilines is 2. The summed E-state index contributed by atoms with van der Waals surface area (Å²) in [5, 5.41) is 14.9. The Morgan fingerprint density at radius 1 is 1.14 bits per heavy atom. The molecule has 8 nitrogen and oxygen atoms in total. The van der Waals surface area contributed by atoms with E-state index in [2.05, 4.69) is 26.7 Å². The number of benzene rings is 2. The van der Waals surface area contributed by atoms with Crippen molar-refractivity contribution in [1.82, 2.24) is 15.3 Å². The van der Waals surface area contributed by atoms with Crippen LogP contribution in [0.15, 0.2) is 48.5 Å². The molecule has 8 heteroatoms. The predicted molar refractivity (Wildman–Crippen MR) is 105 cm³/mol. The summed E-state index contributed by atoms with van der Waals surface area (Å²) >= 11 is 0. The summed E-state index contributed by atoms with van der Waals surface area (Å²) in [6.45, 7) is 2.32. The monoisotopic (exact) mass is 387 g/mol. The Kier molecular flexibility index (Phi) is 4.95. The van der Waals surface area contributed by atoms with Crippen molar-refractivity contribution < 1.29 is 14.3 Å². The van der Waals surface area contributed by atoms with E-state index in [0.29, 0.717) is 35.0 Å². The number of ether oxygens (including phenoxy) is 2. The summed E-state index contributed by atoms with van der Waals surface area (Å²) in [5.74, 6) is 1.33. The Hall–Kier alpha value is -4.12. The topological polar surface area (TPSA) is 109 Å². The molecule has 0 saturated carbocycles. The minimum absolute atomic E-state index is 0.207. The lowest BCUT2D eigenvalue weighted by molar-refractivity contribution is 0.0945. The summed E-state index contributed by atoms with van der Waals surface area (Å²) in [5.41, 5.74) is 2.97. The molecule has 2 aromatic carbocycles. The predicted octanol–water partition coefficient (Wildman–Crippen LogP) is 3.06. The third-order valence-corrected chi connectivity index (χ3v) is 4.22. The summed E-state index contributed by atoms with van der Waals surface area (Å²) in [7, 11) is 0. The Bertz CT molecular complexity index is 1120. The number of carbonyl (C=O) groups excluding carboxylic acids is 1. The lowest BCUT2D eigenvalue weighted by Crippen LogP contribution is -2.24. The molecule has 0 aliphatic carbocycles. The molecular formula is C21H17N5O3. The standard InChI is InChI=1S/C21H17N5O3/c1-13-7-17(26-21(24-13)25-16-4-2-3-14(8-16)10-22)20(27)23-11-15-5-6-18-19(9-15)29-12-28-18/h2-9H,11-12H2,1H3,(H,23,27)(H,24,25,26). The zero-order chi connectivity index (χ0) is 20.2. The number of nitrogens with one attached hydrogen (secondary N) is 2. The molecule has 2 N–H and O–H groups in total. The number of aryl methyl sites for hydroxylation is 1. The molecule has 0 saturated heterocycles. The van der Waals surface area contributed by atoms with Crippen LogP contribution in [0.3, 0.4) is 0 Å². The minimum Gasteiger partial charge on any atom is -0.454 e. The van der Waals surface area contributed by atoms with E-state index in [9.17, 15) is 4.79 Å². The van der Waals surface area contributed by atoms with Crippen molar-refractivity contribution in [1.29, 1.82) is 5.26 Å². The molecule has 1 aromatic heterocycles. The van der Waals surface area contributed by atoms with Crippen LogP contribution in [0.4, 0.5) is 11.6 Å². The van der Waals surface area contributed by atoms with Crippen LogP contribution in [-0.4, -0.2) is 22.7 Å². The number of hydrogen-bond donors (Lipinski definition) is 2. The molecular weight excluding hydrogens is 370 g/mol. The molecule has 0 radical (unpaired) electrons. The van der Waals surface area contributed by atoms with Crippen molar-refractivity contribution in [2.45, 2.75) is 13.5 Å². The highest BCUT2D eigenvalue weighted by atomic mass is 16.7. The fourth-order valence-corrected chi connectivity index (χ4v) is 2.86. The molecule has 3 aromatic rings. The Morgan fingerprint density at radius 3 is 2.86 bits per heavy atom. The Morgan fingerprint density at radius 2 is 2.00 bits per heavy atom. The average molecular weight is 387 g/mol. The van der Waals surface area contributed by atoms with E-state index in [1.54, 1.807) is 37.3 Å². The van der Waals surface area contributed by atoms with Gasteiger partial charge >= 0.3 is 0 Å². The summed E-state index contributed by atoms with van der Waals surface area (Å²) in [6.07, 6.45) is 0. The third-order valence-electron chi connectivity index (χ3n) is 4.22. The van der Waals surface area contributed by atoms with Crippen LogP contribution in [0.25, 0.3) is 0 Å². The maximum atomic E-state index is 12.6. The van der Waals surface area contributed by atoms with Crippen LogP contribution >= 0.6 is 0 Å². The molecule has 0 unspecified atom stereocenters. The van der Waals surface area contributed by atoms with Gasteiger partial charge in [0, 0.05) is 17.9 Å². The second-order valence-corrected chi connectivity index (χ2v) is 6.41. The van der Waals surface area contributed by atoms with Crippen molar-refractivity contribution in [2.24, 2.45) is 0 Å². The van der Waals surface area contributed by atoms with E-state index < -0.39 is 0 Å². The normalized spacial score (nSPS) is 11.6. The third kappa shape index (κ3) is 4.25. The van der Waals surface area contributed by atoms with E-state index in [1.807, 2.05) is 18.2 Å². The van der Waals surface area contributed by atoms with Gasteiger partial charge in [0.05, 0.1) is 11.6 Å². The van der Waals surface area contributed by atoms with Gasteiger partial charge in [-0.3, -0.25) is 4.79 Å². The van der Waals surface area contributed by atoms with E-state index in [4.69, 9.17) is 14.7 Å². The fraction of sp³-hybridized carbons (Fsp3) is 0.143. The molecule has 29 heavy (non-hydrogen) atoms. The molecule has 0 fully saturated rings. The van der Waals surface area contributed by atoms with Crippen LogP contribution in [-0.2, 0) is 6.54 Å². The fourth-order valence-electron chi connectivity index (χ4n) is 2.86. The highest BCUT2D eigenvalue weighted by molar-refractivity contribution is 5.92. The quantitative estimate of drug-likeness (QED) is 0.692. The van der Waals surface area contributed by atoms with Crippen molar-refractivity contribution in [3.8, 4) is 17.6 Å². The minimum atomic E-state index is -0.318. The first kappa shape index (κ1) is 18.3. The Balaban J connectivity index is 1.46. The molecule has 2 heterocycles. The second-order valence-electron chi connectivity index (χ2n) is 6.41. The smallest absolute Gasteiger partial charge is 0.270 e. The summed E-state index contributed by atoms with van der Waals surface area (Å²) in [6, 6.07) is 16.2. The van der Waals surface area contributed by atoms with Crippen LogP contribution in [0.2, 0.25) is 0 Å². The van der Waals surface area contributed by atoms with Crippen molar-refractivity contribution in [3.63, 3.8) is 0 Å². The average Bonchev–Trinajstić information content (AvgIpc) is 3.19. The van der Waals surface area contributed by atoms with Gasteiger partial charge < -0.3 is 20.1 Å². The van der Waals surface area contributed by atoms with Gasteiger partial charge in [0.1, 0.15) is 5.69 Å². The zero-order valence-electron chi connectivity index (χ0n) is 15.6. The number of hydrogen-bond acceptors (Lipinski definition) is 7. The lowest BCUT2D eigenvalue weighted by Gasteiger charge is -2.09. The van der Waals surface area contributed by atoms with Crippen LogP contribution < -0.4 is 20.1 Å². The molecule has 0 bridgehead atoms. The van der Waals surface area contributed by atoms with E-state index >= 15 is 0 Å². The van der Waals surface area contributed by atoms with Crippen LogP contribution in [0.5, 0.6) is 11.5 Å². The molecule has 4 rings (SSSR count). The first-order chi connectivity index (χ1) is 14.1. The highest BCUT2D eigenvalue weighted by Gasteiger charge is 2.15. The number of carbonyl (C=O) groups is 1. The van der Waals surface area contributed by atoms with Gasteiger partial charge in [-0.25, -0.2) is 9.97 Å². The van der Waals surface area contributed by atoms with E-state index in [-0.39, 0.29) is 24.3 Å². The van der Waals surface area contributed by atoms with E-state index in [1.165, 1.54) is 0 Å². The van der Waals surface area contributed by atoms with Crippen LogP contribution in [0, 0.1) is 18.3 Å². The summed E-state index contributed by atoms with van der Waals surface area (Å²) in [4.78, 5) is 21.2. The molecule has 144 valence electrons. The second kappa shape index (κ2) is 7.86. The number of amides is 1. The molecule has 1 aliphatic heterocycles. The highest BCUT2D eigenvalue weighted by Crippen LogP contribution is 2.32. The zero-order valence-corrected chi connectivity index (χ0v) is 15.6. The van der Waals surface area contributed by atoms with Crippen molar-refractivity contribution in [3.05, 3.63) is 71.0 Å². The first-order valence-corrected chi connectivity index (χ1v) is 8.90. The van der Waals surface area contributed by atoms with Crippen LogP contribution in [0.1, 0.15) is 27.3 Å². The van der Waals surface area contributed by atoms with E-state index in [0.717, 1.165) is 5.56 Å². The maximum Gasteiger partial charge on any atom is 0.270 e. The van der Waals surface area contributed by atoms with Crippen molar-refractivity contribution >= 4 is 17.5 Å². The van der Waals surface area contributed by atoms with Gasteiger partial charge in [0.15, 0.2) is 11.5 Å². The van der Waals surface area contributed by atoms with Gasteiger partial charge in [-0.15, -0.1) is 0 Å². The lowest BCUT2D eigenvalue weighted by atomic mass is 10.2. The number of fused-ring (bicyclic) bond motifs is 1. The first-order valence-electron chi connectivity index (χ1n) is 8.90. The van der Waals surface area contributed by atoms with Gasteiger partial charge in [0.2, 0.25) is 12.7 Å². The maximum absolute atomic E-state index is 12.6. The number of rotatable bonds is 5. The van der Waals surface area contributed by atoms with Gasteiger partial charge in [-0.2, -0.15) is 5.26 Å². The largest absolute Gasteiger partial charge is 0.454 e.